The van der Waals surface area contributed by atoms with Gasteiger partial charge in [-0.1, -0.05) is 50.4 Å². The van der Waals surface area contributed by atoms with Gasteiger partial charge in [-0.05, 0) is 67.6 Å². The molecule has 4 nitrogen and oxygen atoms in total. The van der Waals surface area contributed by atoms with E-state index in [0.717, 1.165) is 43.2 Å². The van der Waals surface area contributed by atoms with E-state index in [1.165, 1.54) is 36.9 Å². The second-order valence-corrected chi connectivity index (χ2v) is 8.79. The molecule has 0 saturated heterocycles. The standard InChI is InChI=1S/C27H36ClN3O/c1-3-5-18-31(19-6-4-2)25-12-15-26(16-13-25)32-27(21-30-20-17-29-22-30)14-9-23-7-10-24(28)11-8-23/h7-8,10-13,15-17,20,22,27H,3-6,9,14,18-19,21H2,1-2H3. The lowest BCUT2D eigenvalue weighted by Crippen LogP contribution is -2.26. The van der Waals surface area contributed by atoms with Gasteiger partial charge < -0.3 is 14.2 Å². The second kappa shape index (κ2) is 13.2. The number of aryl methyl sites for hydroxylation is 1. The zero-order valence-electron chi connectivity index (χ0n) is 19.4. The van der Waals surface area contributed by atoms with Crippen molar-refractivity contribution in [2.75, 3.05) is 18.0 Å². The summed E-state index contributed by atoms with van der Waals surface area (Å²) in [5.41, 5.74) is 2.55. The number of anilines is 1. The molecule has 0 aliphatic carbocycles. The number of hydrogen-bond donors (Lipinski definition) is 0. The van der Waals surface area contributed by atoms with Crippen LogP contribution in [0.5, 0.6) is 5.75 Å². The maximum atomic E-state index is 6.44. The number of imidazole rings is 1. The van der Waals surface area contributed by atoms with Gasteiger partial charge in [0.05, 0.1) is 12.9 Å². The number of unbranched alkanes of at least 4 members (excludes halogenated alkanes) is 2. The molecule has 1 heterocycles. The third kappa shape index (κ3) is 7.90. The maximum Gasteiger partial charge on any atom is 0.119 e. The third-order valence-electron chi connectivity index (χ3n) is 5.71. The van der Waals surface area contributed by atoms with Crippen LogP contribution in [0.15, 0.2) is 67.3 Å². The van der Waals surface area contributed by atoms with Crippen molar-refractivity contribution in [2.24, 2.45) is 0 Å². The first kappa shape index (κ1) is 24.2. The van der Waals surface area contributed by atoms with Crippen LogP contribution in [0.25, 0.3) is 0 Å². The van der Waals surface area contributed by atoms with Crippen molar-refractivity contribution >= 4 is 17.3 Å². The smallest absolute Gasteiger partial charge is 0.119 e. The minimum absolute atomic E-state index is 0.0574. The predicted molar refractivity (Wildman–Crippen MR) is 135 cm³/mol. The summed E-state index contributed by atoms with van der Waals surface area (Å²) in [6.07, 6.45) is 12.4. The molecule has 1 atom stereocenters. The normalized spacial score (nSPS) is 12.0. The lowest BCUT2D eigenvalue weighted by Gasteiger charge is -2.25. The molecule has 2 aromatic carbocycles. The molecule has 0 spiro atoms. The summed E-state index contributed by atoms with van der Waals surface area (Å²) in [6, 6.07) is 16.7. The number of hydrogen-bond acceptors (Lipinski definition) is 3. The molecular formula is C27H36ClN3O. The van der Waals surface area contributed by atoms with E-state index in [4.69, 9.17) is 16.3 Å². The number of halogens is 1. The molecule has 0 bridgehead atoms. The lowest BCUT2D eigenvalue weighted by molar-refractivity contribution is 0.170. The Morgan fingerprint density at radius 3 is 2.25 bits per heavy atom. The molecule has 3 rings (SSSR count). The first-order chi connectivity index (χ1) is 15.7. The van der Waals surface area contributed by atoms with Crippen LogP contribution in [-0.4, -0.2) is 28.7 Å². The SMILES string of the molecule is CCCCN(CCCC)c1ccc(OC(CCc2ccc(Cl)cc2)Cn2ccnc2)cc1. The van der Waals surface area contributed by atoms with Crippen LogP contribution >= 0.6 is 11.6 Å². The fourth-order valence-corrected chi connectivity index (χ4v) is 3.92. The molecule has 3 aromatic rings. The summed E-state index contributed by atoms with van der Waals surface area (Å²) in [6.45, 7) is 7.50. The van der Waals surface area contributed by atoms with Gasteiger partial charge in [0.15, 0.2) is 0 Å². The van der Waals surface area contributed by atoms with Crippen molar-refractivity contribution in [3.05, 3.63) is 77.8 Å². The van der Waals surface area contributed by atoms with Crippen molar-refractivity contribution in [3.63, 3.8) is 0 Å². The molecule has 0 N–H and O–H groups in total. The van der Waals surface area contributed by atoms with Gasteiger partial charge in [-0.15, -0.1) is 0 Å². The van der Waals surface area contributed by atoms with Crippen LogP contribution < -0.4 is 9.64 Å². The monoisotopic (exact) mass is 453 g/mol. The molecule has 0 radical (unpaired) electrons. The highest BCUT2D eigenvalue weighted by Crippen LogP contribution is 2.23. The molecule has 1 aromatic heterocycles. The van der Waals surface area contributed by atoms with Gasteiger partial charge in [0, 0.05) is 36.2 Å². The van der Waals surface area contributed by atoms with Gasteiger partial charge in [0.1, 0.15) is 11.9 Å². The van der Waals surface area contributed by atoms with Crippen LogP contribution in [0.3, 0.4) is 0 Å². The molecule has 0 amide bonds. The summed E-state index contributed by atoms with van der Waals surface area (Å²) >= 11 is 6.03. The van der Waals surface area contributed by atoms with Gasteiger partial charge in [-0.25, -0.2) is 4.98 Å². The van der Waals surface area contributed by atoms with E-state index in [1.54, 1.807) is 0 Å². The molecular weight excluding hydrogens is 418 g/mol. The highest BCUT2D eigenvalue weighted by Gasteiger charge is 2.13. The van der Waals surface area contributed by atoms with E-state index in [1.807, 2.05) is 30.9 Å². The largest absolute Gasteiger partial charge is 0.489 e. The molecule has 0 aliphatic heterocycles. The van der Waals surface area contributed by atoms with Gasteiger partial charge in [-0.2, -0.15) is 0 Å². The Morgan fingerprint density at radius 1 is 0.969 bits per heavy atom. The number of aromatic nitrogens is 2. The van der Waals surface area contributed by atoms with Crippen LogP contribution in [0, 0.1) is 0 Å². The average Bonchev–Trinajstić information content (AvgIpc) is 3.32. The van der Waals surface area contributed by atoms with E-state index in [2.05, 4.69) is 64.7 Å². The van der Waals surface area contributed by atoms with E-state index >= 15 is 0 Å². The number of benzene rings is 2. The Hall–Kier alpha value is -2.46. The quantitative estimate of drug-likeness (QED) is 0.262. The number of nitrogens with zero attached hydrogens (tertiary/aromatic N) is 3. The van der Waals surface area contributed by atoms with Gasteiger partial charge in [0.2, 0.25) is 0 Å². The maximum absolute atomic E-state index is 6.44. The highest BCUT2D eigenvalue weighted by molar-refractivity contribution is 6.30. The minimum atomic E-state index is 0.0574. The van der Waals surface area contributed by atoms with E-state index in [9.17, 15) is 0 Å². The Morgan fingerprint density at radius 2 is 1.66 bits per heavy atom. The molecule has 32 heavy (non-hydrogen) atoms. The molecule has 0 fully saturated rings. The van der Waals surface area contributed by atoms with E-state index < -0.39 is 0 Å². The Bertz CT molecular complexity index is 870. The minimum Gasteiger partial charge on any atom is -0.489 e. The number of rotatable bonds is 14. The van der Waals surface area contributed by atoms with E-state index in [0.29, 0.717) is 0 Å². The van der Waals surface area contributed by atoms with Crippen molar-refractivity contribution in [1.82, 2.24) is 9.55 Å². The molecule has 172 valence electrons. The zero-order valence-corrected chi connectivity index (χ0v) is 20.2. The first-order valence-corrected chi connectivity index (χ1v) is 12.3. The van der Waals surface area contributed by atoms with Gasteiger partial charge >= 0.3 is 0 Å². The zero-order chi connectivity index (χ0) is 22.6. The third-order valence-corrected chi connectivity index (χ3v) is 5.96. The molecule has 0 saturated carbocycles. The Labute approximate surface area is 198 Å². The fourth-order valence-electron chi connectivity index (χ4n) is 3.79. The molecule has 0 aliphatic rings. The fraction of sp³-hybridized carbons (Fsp3) is 0.444. The van der Waals surface area contributed by atoms with Crippen LogP contribution in [0.1, 0.15) is 51.5 Å². The predicted octanol–water partition coefficient (Wildman–Crippen LogP) is 7.02. The Kier molecular flexibility index (Phi) is 9.96. The van der Waals surface area contributed by atoms with Gasteiger partial charge in [0.25, 0.3) is 0 Å². The van der Waals surface area contributed by atoms with Crippen molar-refractivity contribution in [1.29, 1.82) is 0 Å². The average molecular weight is 454 g/mol. The van der Waals surface area contributed by atoms with Crippen LogP contribution in [-0.2, 0) is 13.0 Å². The Balaban J connectivity index is 1.65. The van der Waals surface area contributed by atoms with Crippen molar-refractivity contribution in [3.8, 4) is 5.75 Å². The second-order valence-electron chi connectivity index (χ2n) is 8.35. The van der Waals surface area contributed by atoms with Crippen LogP contribution in [0.2, 0.25) is 5.02 Å². The molecule has 5 heteroatoms. The summed E-state index contributed by atoms with van der Waals surface area (Å²) < 4.78 is 8.52. The summed E-state index contributed by atoms with van der Waals surface area (Å²) in [4.78, 5) is 6.68. The van der Waals surface area contributed by atoms with Gasteiger partial charge in [-0.3, -0.25) is 0 Å². The van der Waals surface area contributed by atoms with E-state index in [-0.39, 0.29) is 6.10 Å². The molecule has 1 unspecified atom stereocenters. The number of ether oxygens (including phenoxy) is 1. The first-order valence-electron chi connectivity index (χ1n) is 11.9. The topological polar surface area (TPSA) is 30.3 Å². The summed E-state index contributed by atoms with van der Waals surface area (Å²) in [5.74, 6) is 0.918. The van der Waals surface area contributed by atoms with Crippen molar-refractivity contribution in [2.45, 2.75) is 65.0 Å². The lowest BCUT2D eigenvalue weighted by atomic mass is 10.1. The summed E-state index contributed by atoms with van der Waals surface area (Å²) in [7, 11) is 0. The van der Waals surface area contributed by atoms with Crippen LogP contribution in [0.4, 0.5) is 5.69 Å². The van der Waals surface area contributed by atoms with Crippen molar-refractivity contribution < 1.29 is 4.74 Å². The summed E-state index contributed by atoms with van der Waals surface area (Å²) in [5, 5.41) is 0.770. The highest BCUT2D eigenvalue weighted by atomic mass is 35.5.